The van der Waals surface area contributed by atoms with Crippen molar-refractivity contribution in [3.8, 4) is 5.75 Å². The molecule has 2 heterocycles. The average molecular weight is 300 g/mol. The molecule has 0 fully saturated rings. The summed E-state index contributed by atoms with van der Waals surface area (Å²) < 4.78 is 5.23. The van der Waals surface area contributed by atoms with Gasteiger partial charge in [-0.15, -0.1) is 0 Å². The maximum absolute atomic E-state index is 12.1. The first-order valence-corrected chi connectivity index (χ1v) is 6.89. The number of imidazole rings is 1. The van der Waals surface area contributed by atoms with Gasteiger partial charge in [0.2, 0.25) is 0 Å². The molecule has 114 valence electrons. The second-order valence-corrected chi connectivity index (χ2v) is 5.16. The standard InChI is InChI=1S/C15H16N4O3/c1-22-10-4-2-3-8(5-10)9-6-11-12(15(21)17-7-9)19-14(18-11)13(16)20/h2-5,9H,6-7H2,1H3,(H2,16,20)(H,17,21)(H,18,19). The highest BCUT2D eigenvalue weighted by atomic mass is 16.5. The molecule has 1 aromatic carbocycles. The number of hydrogen-bond acceptors (Lipinski definition) is 4. The van der Waals surface area contributed by atoms with Crippen LogP contribution in [0.15, 0.2) is 24.3 Å². The molecule has 2 aromatic rings. The van der Waals surface area contributed by atoms with Gasteiger partial charge in [0, 0.05) is 18.2 Å². The fourth-order valence-corrected chi connectivity index (χ4v) is 2.61. The summed E-state index contributed by atoms with van der Waals surface area (Å²) >= 11 is 0. The molecule has 0 aliphatic carbocycles. The van der Waals surface area contributed by atoms with Gasteiger partial charge in [-0.1, -0.05) is 12.1 Å². The SMILES string of the molecule is COc1cccc(C2CNC(=O)c3nc(C(N)=O)[nH]c3C2)c1. The van der Waals surface area contributed by atoms with E-state index in [1.165, 1.54) is 0 Å². The minimum absolute atomic E-state index is 0.00597. The summed E-state index contributed by atoms with van der Waals surface area (Å²) in [7, 11) is 1.61. The molecule has 1 unspecified atom stereocenters. The van der Waals surface area contributed by atoms with E-state index in [-0.39, 0.29) is 23.3 Å². The van der Waals surface area contributed by atoms with Crippen molar-refractivity contribution in [3.05, 3.63) is 47.0 Å². The van der Waals surface area contributed by atoms with Gasteiger partial charge in [0.1, 0.15) is 11.4 Å². The van der Waals surface area contributed by atoms with Crippen molar-refractivity contribution in [1.82, 2.24) is 15.3 Å². The molecule has 0 saturated heterocycles. The molecule has 1 aliphatic rings. The van der Waals surface area contributed by atoms with Crippen LogP contribution < -0.4 is 15.8 Å². The van der Waals surface area contributed by atoms with E-state index in [1.807, 2.05) is 24.3 Å². The van der Waals surface area contributed by atoms with Crippen molar-refractivity contribution in [2.45, 2.75) is 12.3 Å². The zero-order valence-electron chi connectivity index (χ0n) is 12.1. The Bertz CT molecular complexity index is 738. The molecule has 7 heteroatoms. The Morgan fingerprint density at radius 1 is 1.45 bits per heavy atom. The van der Waals surface area contributed by atoms with Gasteiger partial charge in [-0.2, -0.15) is 0 Å². The second-order valence-electron chi connectivity index (χ2n) is 5.16. The van der Waals surface area contributed by atoms with Gasteiger partial charge in [0.15, 0.2) is 5.82 Å². The summed E-state index contributed by atoms with van der Waals surface area (Å²) in [6, 6.07) is 7.69. The van der Waals surface area contributed by atoms with E-state index in [4.69, 9.17) is 10.5 Å². The third-order valence-electron chi connectivity index (χ3n) is 3.75. The van der Waals surface area contributed by atoms with Crippen LogP contribution in [0.3, 0.4) is 0 Å². The van der Waals surface area contributed by atoms with Crippen LogP contribution in [-0.2, 0) is 6.42 Å². The lowest BCUT2D eigenvalue weighted by molar-refractivity contribution is 0.0950. The molecule has 0 bridgehead atoms. The molecule has 3 rings (SSSR count). The Morgan fingerprint density at radius 2 is 2.27 bits per heavy atom. The number of carbonyl (C=O) groups excluding carboxylic acids is 2. The third kappa shape index (κ3) is 2.52. The maximum Gasteiger partial charge on any atom is 0.284 e. The van der Waals surface area contributed by atoms with Crippen molar-refractivity contribution >= 4 is 11.8 Å². The molecule has 1 atom stereocenters. The Kier molecular flexibility index (Phi) is 3.54. The number of aromatic nitrogens is 2. The van der Waals surface area contributed by atoms with Crippen LogP contribution in [0.4, 0.5) is 0 Å². The van der Waals surface area contributed by atoms with Crippen molar-refractivity contribution in [2.24, 2.45) is 5.73 Å². The van der Waals surface area contributed by atoms with Crippen LogP contribution in [0, 0.1) is 0 Å². The third-order valence-corrected chi connectivity index (χ3v) is 3.75. The zero-order chi connectivity index (χ0) is 15.7. The topological polar surface area (TPSA) is 110 Å². The summed E-state index contributed by atoms with van der Waals surface area (Å²) in [5.74, 6) is -0.161. The van der Waals surface area contributed by atoms with Crippen LogP contribution in [0.2, 0.25) is 0 Å². The first-order chi connectivity index (χ1) is 10.6. The minimum Gasteiger partial charge on any atom is -0.497 e. The summed E-state index contributed by atoms with van der Waals surface area (Å²) in [6.07, 6.45) is 0.557. The molecular formula is C15H16N4O3. The molecule has 0 radical (unpaired) electrons. The number of fused-ring (bicyclic) bond motifs is 1. The molecule has 7 nitrogen and oxygen atoms in total. The first kappa shape index (κ1) is 14.1. The number of rotatable bonds is 3. The summed E-state index contributed by atoms with van der Waals surface area (Å²) in [6.45, 7) is 0.488. The molecule has 4 N–H and O–H groups in total. The fraction of sp³-hybridized carbons (Fsp3) is 0.267. The van der Waals surface area contributed by atoms with Crippen LogP contribution in [0.25, 0.3) is 0 Å². The van der Waals surface area contributed by atoms with E-state index in [9.17, 15) is 9.59 Å². The number of nitrogens with two attached hydrogens (primary N) is 1. The molecule has 0 saturated carbocycles. The molecule has 1 aliphatic heterocycles. The molecule has 2 amide bonds. The molecule has 0 spiro atoms. The molecule has 22 heavy (non-hydrogen) atoms. The molecule has 1 aromatic heterocycles. The number of hydrogen-bond donors (Lipinski definition) is 3. The number of amides is 2. The minimum atomic E-state index is -0.682. The van der Waals surface area contributed by atoms with E-state index >= 15 is 0 Å². The highest BCUT2D eigenvalue weighted by molar-refractivity contribution is 5.96. The smallest absolute Gasteiger partial charge is 0.284 e. The Labute approximate surface area is 126 Å². The Balaban J connectivity index is 1.95. The summed E-state index contributed by atoms with van der Waals surface area (Å²) in [5, 5.41) is 2.82. The predicted molar refractivity (Wildman–Crippen MR) is 78.9 cm³/mol. The highest BCUT2D eigenvalue weighted by Gasteiger charge is 2.27. The van der Waals surface area contributed by atoms with Gasteiger partial charge in [-0.25, -0.2) is 4.98 Å². The number of primary amides is 1. The Hall–Kier alpha value is -2.83. The fourth-order valence-electron chi connectivity index (χ4n) is 2.61. The van der Waals surface area contributed by atoms with E-state index < -0.39 is 5.91 Å². The summed E-state index contributed by atoms with van der Waals surface area (Å²) in [5.41, 5.74) is 7.11. The summed E-state index contributed by atoms with van der Waals surface area (Å²) in [4.78, 5) is 30.1. The predicted octanol–water partition coefficient (Wildman–Crippen LogP) is 0.587. The lowest BCUT2D eigenvalue weighted by Crippen LogP contribution is -2.26. The molecular weight excluding hydrogens is 284 g/mol. The van der Waals surface area contributed by atoms with Crippen molar-refractivity contribution in [2.75, 3.05) is 13.7 Å². The van der Waals surface area contributed by atoms with Crippen molar-refractivity contribution < 1.29 is 14.3 Å². The number of H-pyrrole nitrogens is 1. The zero-order valence-corrected chi connectivity index (χ0v) is 12.1. The Morgan fingerprint density at radius 3 is 3.00 bits per heavy atom. The maximum atomic E-state index is 12.1. The number of nitrogens with one attached hydrogen (secondary N) is 2. The van der Waals surface area contributed by atoms with Gasteiger partial charge in [0.05, 0.1) is 7.11 Å². The quantitative estimate of drug-likeness (QED) is 0.770. The van der Waals surface area contributed by atoms with Crippen LogP contribution >= 0.6 is 0 Å². The number of nitrogens with zero attached hydrogens (tertiary/aromatic N) is 1. The van der Waals surface area contributed by atoms with Gasteiger partial charge >= 0.3 is 0 Å². The van der Waals surface area contributed by atoms with Crippen molar-refractivity contribution in [1.29, 1.82) is 0 Å². The number of benzene rings is 1. The van der Waals surface area contributed by atoms with Gasteiger partial charge in [0.25, 0.3) is 11.8 Å². The van der Waals surface area contributed by atoms with Crippen molar-refractivity contribution in [3.63, 3.8) is 0 Å². The number of aromatic amines is 1. The first-order valence-electron chi connectivity index (χ1n) is 6.89. The van der Waals surface area contributed by atoms with E-state index in [0.29, 0.717) is 18.7 Å². The second kappa shape index (κ2) is 5.51. The van der Waals surface area contributed by atoms with E-state index in [1.54, 1.807) is 7.11 Å². The van der Waals surface area contributed by atoms with E-state index in [0.717, 1.165) is 11.3 Å². The lowest BCUT2D eigenvalue weighted by Gasteiger charge is -2.15. The monoisotopic (exact) mass is 300 g/mol. The van der Waals surface area contributed by atoms with Crippen LogP contribution in [-0.4, -0.2) is 35.4 Å². The highest BCUT2D eigenvalue weighted by Crippen LogP contribution is 2.26. The van der Waals surface area contributed by atoms with E-state index in [2.05, 4.69) is 15.3 Å². The average Bonchev–Trinajstić information content (AvgIpc) is 2.89. The largest absolute Gasteiger partial charge is 0.497 e. The van der Waals surface area contributed by atoms with Crippen LogP contribution in [0.5, 0.6) is 5.75 Å². The van der Waals surface area contributed by atoms with Crippen LogP contribution in [0.1, 0.15) is 38.3 Å². The van der Waals surface area contributed by atoms with Gasteiger partial charge in [-0.05, 0) is 24.1 Å². The lowest BCUT2D eigenvalue weighted by atomic mass is 9.94. The number of ether oxygens (including phenoxy) is 1. The normalized spacial score (nSPS) is 17.3. The van der Waals surface area contributed by atoms with Gasteiger partial charge in [-0.3, -0.25) is 9.59 Å². The number of carbonyl (C=O) groups is 2. The number of methoxy groups -OCH3 is 1. The van der Waals surface area contributed by atoms with Gasteiger partial charge < -0.3 is 20.8 Å².